The summed E-state index contributed by atoms with van der Waals surface area (Å²) < 4.78 is 3.54. The third-order valence-electron chi connectivity index (χ3n) is 8.10. The molecule has 1 aromatic heterocycles. The van der Waals surface area contributed by atoms with Crippen molar-refractivity contribution in [1.82, 2.24) is 4.57 Å². The second-order valence-corrected chi connectivity index (χ2v) is 15.1. The number of aromatic nitrogens is 1. The lowest BCUT2D eigenvalue weighted by atomic mass is 9.78. The molecule has 3 aromatic carbocycles. The predicted octanol–water partition coefficient (Wildman–Crippen LogP) is 7.38. The highest BCUT2D eigenvalue weighted by molar-refractivity contribution is 9.10. The quantitative estimate of drug-likeness (QED) is 0.252. The number of phenols is 1. The number of thiazole rings is 1. The number of halogens is 1. The molecule has 2 aliphatic rings. The maximum atomic E-state index is 14.2. The first-order valence-electron chi connectivity index (χ1n) is 14.1. The first kappa shape index (κ1) is 27.9. The summed E-state index contributed by atoms with van der Waals surface area (Å²) in [6.07, 6.45) is 3.77. The first-order valence-corrected chi connectivity index (χ1v) is 15.7. The topological polar surface area (TPSA) is 54.6 Å². The Morgan fingerprint density at radius 3 is 2.22 bits per heavy atom. The van der Waals surface area contributed by atoms with Gasteiger partial charge in [0.25, 0.3) is 5.56 Å². The largest absolute Gasteiger partial charge is 0.507 e. The van der Waals surface area contributed by atoms with Crippen molar-refractivity contribution in [3.63, 3.8) is 0 Å². The van der Waals surface area contributed by atoms with Crippen LogP contribution in [0.25, 0.3) is 11.8 Å². The highest BCUT2D eigenvalue weighted by atomic mass is 79.9. The standard InChI is InChI=1S/C35H35BrN2O2S/c1-34(2,3)26-17-20(18-27(31(26)39)35(4,5)6)19-28-32(40)38-30(22-11-14-23(36)15-12-22)25-16-13-21-9-7-8-10-24(21)29(25)37-33(38)41-28/h7-12,14-15,17-19,30,39H,13,16H2,1-6H3/b28-19-/t30-/m0/s1. The Labute approximate surface area is 253 Å². The second-order valence-electron chi connectivity index (χ2n) is 13.1. The number of aryl methyl sites for hydroxylation is 1. The van der Waals surface area contributed by atoms with Gasteiger partial charge in [-0.2, -0.15) is 0 Å². The van der Waals surface area contributed by atoms with Crippen molar-refractivity contribution in [2.75, 3.05) is 0 Å². The summed E-state index contributed by atoms with van der Waals surface area (Å²) in [4.78, 5) is 20.1. The molecule has 0 fully saturated rings. The fourth-order valence-corrected chi connectivity index (χ4v) is 7.27. The SMILES string of the molecule is CC(C)(C)c1cc(/C=c2\sc3n(c2=O)[C@@H](c2ccc(Br)cc2)C2=C(N=3)c3ccccc3CC2)cc(C(C)(C)C)c1O. The van der Waals surface area contributed by atoms with E-state index in [-0.39, 0.29) is 22.4 Å². The molecule has 1 N–H and O–H groups in total. The summed E-state index contributed by atoms with van der Waals surface area (Å²) in [6.45, 7) is 12.6. The lowest BCUT2D eigenvalue weighted by Gasteiger charge is -2.30. The lowest BCUT2D eigenvalue weighted by molar-refractivity contribution is 0.423. The zero-order valence-corrected chi connectivity index (χ0v) is 26.8. The Morgan fingerprint density at radius 2 is 1.59 bits per heavy atom. The van der Waals surface area contributed by atoms with E-state index in [2.05, 4.69) is 93.9 Å². The van der Waals surface area contributed by atoms with Crippen LogP contribution in [0.1, 0.15) is 87.4 Å². The second kappa shape index (κ2) is 9.95. The number of allylic oxidation sites excluding steroid dienone is 1. The maximum absolute atomic E-state index is 14.2. The van der Waals surface area contributed by atoms with Gasteiger partial charge in [-0.3, -0.25) is 9.36 Å². The summed E-state index contributed by atoms with van der Waals surface area (Å²) in [6, 6.07) is 20.6. The van der Waals surface area contributed by atoms with Crippen LogP contribution in [0.5, 0.6) is 5.75 Å². The fraction of sp³-hybridized carbons (Fsp3) is 0.314. The molecule has 0 unspecified atom stereocenters. The molecule has 0 saturated carbocycles. The first-order chi connectivity index (χ1) is 19.3. The molecule has 4 aromatic rings. The molecule has 1 aliphatic heterocycles. The van der Waals surface area contributed by atoms with Gasteiger partial charge in [-0.25, -0.2) is 4.99 Å². The Balaban J connectivity index is 1.61. The van der Waals surface area contributed by atoms with Crippen LogP contribution in [-0.4, -0.2) is 9.67 Å². The Kier molecular flexibility index (Phi) is 6.78. The van der Waals surface area contributed by atoms with Crippen molar-refractivity contribution < 1.29 is 5.11 Å². The number of benzene rings is 3. The van der Waals surface area contributed by atoms with E-state index in [1.54, 1.807) is 0 Å². The van der Waals surface area contributed by atoms with Crippen LogP contribution in [0.2, 0.25) is 0 Å². The average molecular weight is 628 g/mol. The number of hydrogen-bond donors (Lipinski definition) is 1. The minimum Gasteiger partial charge on any atom is -0.507 e. The number of rotatable bonds is 2. The van der Waals surface area contributed by atoms with Gasteiger partial charge in [-0.05, 0) is 76.3 Å². The minimum atomic E-state index is -0.254. The van der Waals surface area contributed by atoms with Crippen LogP contribution < -0.4 is 14.9 Å². The van der Waals surface area contributed by atoms with Gasteiger partial charge in [0.05, 0.1) is 16.3 Å². The van der Waals surface area contributed by atoms with Crippen LogP contribution in [0.15, 0.2) is 80.5 Å². The highest BCUT2D eigenvalue weighted by Crippen LogP contribution is 2.42. The Morgan fingerprint density at radius 1 is 0.951 bits per heavy atom. The summed E-state index contributed by atoms with van der Waals surface area (Å²) in [7, 11) is 0. The van der Waals surface area contributed by atoms with Gasteiger partial charge in [-0.15, -0.1) is 0 Å². The molecule has 4 nitrogen and oxygen atoms in total. The molecule has 6 rings (SSSR count). The molecular formula is C35H35BrN2O2S. The van der Waals surface area contributed by atoms with Crippen molar-refractivity contribution in [3.05, 3.63) is 124 Å². The van der Waals surface area contributed by atoms with Gasteiger partial charge < -0.3 is 5.11 Å². The van der Waals surface area contributed by atoms with E-state index in [9.17, 15) is 9.90 Å². The van der Waals surface area contributed by atoms with Crippen LogP contribution in [0.4, 0.5) is 0 Å². The van der Waals surface area contributed by atoms with Crippen molar-refractivity contribution >= 4 is 39.0 Å². The monoisotopic (exact) mass is 626 g/mol. The van der Waals surface area contributed by atoms with Gasteiger partial charge in [0.15, 0.2) is 4.80 Å². The average Bonchev–Trinajstić information content (AvgIpc) is 3.22. The zero-order chi connectivity index (χ0) is 29.3. The molecule has 41 heavy (non-hydrogen) atoms. The Hall–Kier alpha value is -3.22. The molecule has 6 heteroatoms. The van der Waals surface area contributed by atoms with Gasteiger partial charge in [0.1, 0.15) is 5.75 Å². The van der Waals surface area contributed by atoms with Crippen molar-refractivity contribution in [2.45, 2.75) is 71.3 Å². The van der Waals surface area contributed by atoms with E-state index in [1.165, 1.54) is 22.5 Å². The normalized spacial score (nSPS) is 17.1. The summed E-state index contributed by atoms with van der Waals surface area (Å²) in [5, 5.41) is 11.2. The van der Waals surface area contributed by atoms with Crippen molar-refractivity contribution in [1.29, 1.82) is 0 Å². The number of phenolic OH excluding ortho intramolecular Hbond substituents is 1. The van der Waals surface area contributed by atoms with Gasteiger partial charge in [0.2, 0.25) is 0 Å². The van der Waals surface area contributed by atoms with Crippen LogP contribution in [-0.2, 0) is 17.3 Å². The lowest BCUT2D eigenvalue weighted by Crippen LogP contribution is -2.38. The zero-order valence-electron chi connectivity index (χ0n) is 24.4. The Bertz CT molecular complexity index is 1860. The minimum absolute atomic E-state index is 0.0326. The highest BCUT2D eigenvalue weighted by Gasteiger charge is 2.33. The van der Waals surface area contributed by atoms with Crippen LogP contribution in [0.3, 0.4) is 0 Å². The van der Waals surface area contributed by atoms with Crippen LogP contribution >= 0.6 is 27.3 Å². The number of nitrogens with zero attached hydrogens (tertiary/aromatic N) is 2. The third kappa shape index (κ3) is 4.95. The molecule has 0 saturated heterocycles. The number of hydrogen-bond acceptors (Lipinski definition) is 4. The molecule has 0 bridgehead atoms. The van der Waals surface area contributed by atoms with Gasteiger partial charge >= 0.3 is 0 Å². The molecule has 0 spiro atoms. The van der Waals surface area contributed by atoms with E-state index in [1.807, 2.05) is 34.9 Å². The maximum Gasteiger partial charge on any atom is 0.271 e. The fourth-order valence-electron chi connectivity index (χ4n) is 6.00. The van der Waals surface area contributed by atoms with Crippen molar-refractivity contribution in [2.24, 2.45) is 4.99 Å². The molecular weight excluding hydrogens is 592 g/mol. The van der Waals surface area contributed by atoms with Crippen molar-refractivity contribution in [3.8, 4) is 5.75 Å². The molecule has 1 aliphatic carbocycles. The van der Waals surface area contributed by atoms with Gasteiger partial charge in [0, 0.05) is 21.2 Å². The van der Waals surface area contributed by atoms with E-state index in [0.29, 0.717) is 10.3 Å². The summed E-state index contributed by atoms with van der Waals surface area (Å²) >= 11 is 5.01. The molecule has 2 heterocycles. The van der Waals surface area contributed by atoms with E-state index < -0.39 is 0 Å². The molecule has 1 atom stereocenters. The summed E-state index contributed by atoms with van der Waals surface area (Å²) in [5.41, 5.74) is 7.87. The number of fused-ring (bicyclic) bond motifs is 3. The summed E-state index contributed by atoms with van der Waals surface area (Å²) in [5.74, 6) is 0.338. The van der Waals surface area contributed by atoms with Crippen LogP contribution in [0, 0.1) is 0 Å². The predicted molar refractivity (Wildman–Crippen MR) is 172 cm³/mol. The van der Waals surface area contributed by atoms with E-state index in [4.69, 9.17) is 4.99 Å². The third-order valence-corrected chi connectivity index (χ3v) is 9.62. The van der Waals surface area contributed by atoms with Gasteiger partial charge in [-0.1, -0.05) is 105 Å². The molecule has 0 radical (unpaired) electrons. The molecule has 210 valence electrons. The number of aromatic hydroxyl groups is 1. The smallest absolute Gasteiger partial charge is 0.271 e. The van der Waals surface area contributed by atoms with E-state index >= 15 is 0 Å². The van der Waals surface area contributed by atoms with E-state index in [0.717, 1.165) is 55.6 Å². The molecule has 0 amide bonds.